The van der Waals surface area contributed by atoms with E-state index in [9.17, 15) is 24.8 Å². The predicted octanol–water partition coefficient (Wildman–Crippen LogP) is 1.04. The molecule has 1 saturated heterocycles. The largest absolute Gasteiger partial charge is 0.506 e. The number of nitro groups is 1. The Hall–Kier alpha value is -2.68. The monoisotopic (exact) mass is 350 g/mol. The number of nitrogens with one attached hydrogen (secondary N) is 1. The van der Waals surface area contributed by atoms with Crippen molar-refractivity contribution in [2.24, 2.45) is 5.92 Å². The maximum atomic E-state index is 12.3. The third-order valence-corrected chi connectivity index (χ3v) is 4.07. The summed E-state index contributed by atoms with van der Waals surface area (Å²) in [5.74, 6) is -1.32. The van der Waals surface area contributed by atoms with E-state index in [-0.39, 0.29) is 35.4 Å². The van der Waals surface area contributed by atoms with Gasteiger partial charge in [-0.25, -0.2) is 0 Å². The van der Waals surface area contributed by atoms with Gasteiger partial charge in [-0.15, -0.1) is 0 Å². The fraction of sp³-hybridized carbons (Fsp3) is 0.500. The van der Waals surface area contributed by atoms with E-state index in [1.165, 1.54) is 12.1 Å². The molecule has 1 aliphatic rings. The maximum absolute atomic E-state index is 12.3. The van der Waals surface area contributed by atoms with Crippen molar-refractivity contribution < 1.29 is 19.6 Å². The fourth-order valence-corrected chi connectivity index (χ4v) is 2.72. The third kappa shape index (κ3) is 4.90. The van der Waals surface area contributed by atoms with Crippen LogP contribution in [0.1, 0.15) is 12.8 Å². The summed E-state index contributed by atoms with van der Waals surface area (Å²) < 4.78 is 0. The molecule has 2 amide bonds. The van der Waals surface area contributed by atoms with Crippen molar-refractivity contribution in [2.75, 3.05) is 39.0 Å². The molecule has 1 unspecified atom stereocenters. The molecule has 1 heterocycles. The molecule has 9 heteroatoms. The van der Waals surface area contributed by atoms with Crippen LogP contribution >= 0.6 is 0 Å². The summed E-state index contributed by atoms with van der Waals surface area (Å²) in [5, 5.41) is 23.0. The average Bonchev–Trinajstić information content (AvgIpc) is 2.90. The quantitative estimate of drug-likeness (QED) is 0.431. The molecule has 0 aliphatic carbocycles. The lowest BCUT2D eigenvalue weighted by atomic mass is 10.1. The number of non-ortho nitro benzene ring substituents is 1. The molecular formula is C16H22N4O5. The topological polar surface area (TPSA) is 116 Å². The van der Waals surface area contributed by atoms with E-state index in [0.717, 1.165) is 19.0 Å². The van der Waals surface area contributed by atoms with Gasteiger partial charge in [-0.05, 0) is 33.1 Å². The van der Waals surface area contributed by atoms with Crippen molar-refractivity contribution >= 4 is 23.2 Å². The normalized spacial score (nSPS) is 17.2. The molecule has 1 aromatic carbocycles. The lowest BCUT2D eigenvalue weighted by molar-refractivity contribution is -0.384. The summed E-state index contributed by atoms with van der Waals surface area (Å²) in [6.07, 6.45) is 0.956. The number of nitrogens with zero attached hydrogens (tertiary/aromatic N) is 3. The first-order valence-electron chi connectivity index (χ1n) is 7.98. The minimum absolute atomic E-state index is 0.0631. The zero-order valence-electron chi connectivity index (χ0n) is 14.3. The van der Waals surface area contributed by atoms with E-state index in [1.54, 1.807) is 4.90 Å². The van der Waals surface area contributed by atoms with Crippen molar-refractivity contribution in [3.63, 3.8) is 0 Å². The number of phenolic OH excluding ortho intramolecular Hbond substituents is 1. The van der Waals surface area contributed by atoms with E-state index in [4.69, 9.17) is 0 Å². The highest BCUT2D eigenvalue weighted by molar-refractivity contribution is 5.98. The van der Waals surface area contributed by atoms with Gasteiger partial charge in [-0.1, -0.05) is 0 Å². The number of benzene rings is 1. The van der Waals surface area contributed by atoms with Gasteiger partial charge in [0, 0.05) is 25.6 Å². The number of hydrogen-bond acceptors (Lipinski definition) is 6. The van der Waals surface area contributed by atoms with Crippen LogP contribution in [0.3, 0.4) is 0 Å². The van der Waals surface area contributed by atoms with Gasteiger partial charge in [-0.2, -0.15) is 0 Å². The number of phenols is 1. The van der Waals surface area contributed by atoms with Gasteiger partial charge in [0.25, 0.3) is 5.69 Å². The number of nitro benzene ring substituents is 1. The smallest absolute Gasteiger partial charge is 0.273 e. The predicted molar refractivity (Wildman–Crippen MR) is 91.2 cm³/mol. The Morgan fingerprint density at radius 3 is 2.80 bits per heavy atom. The minimum atomic E-state index is -0.632. The highest BCUT2D eigenvalue weighted by Crippen LogP contribution is 2.29. The molecule has 0 aromatic heterocycles. The molecule has 2 rings (SSSR count). The van der Waals surface area contributed by atoms with Crippen LogP contribution in [0, 0.1) is 16.0 Å². The van der Waals surface area contributed by atoms with Gasteiger partial charge in [0.2, 0.25) is 11.8 Å². The summed E-state index contributed by atoms with van der Waals surface area (Å²) in [4.78, 5) is 38.1. The summed E-state index contributed by atoms with van der Waals surface area (Å²) >= 11 is 0. The van der Waals surface area contributed by atoms with Crippen LogP contribution in [0.5, 0.6) is 5.75 Å². The van der Waals surface area contributed by atoms with E-state index >= 15 is 0 Å². The van der Waals surface area contributed by atoms with Crippen molar-refractivity contribution in [2.45, 2.75) is 12.8 Å². The zero-order chi connectivity index (χ0) is 18.6. The number of amides is 2. The van der Waals surface area contributed by atoms with Gasteiger partial charge in [0.1, 0.15) is 5.75 Å². The van der Waals surface area contributed by atoms with E-state index < -0.39 is 10.8 Å². The van der Waals surface area contributed by atoms with Gasteiger partial charge in [0.05, 0.1) is 22.6 Å². The Morgan fingerprint density at radius 2 is 2.20 bits per heavy atom. The van der Waals surface area contributed by atoms with Crippen LogP contribution in [0.2, 0.25) is 0 Å². The Morgan fingerprint density at radius 1 is 1.48 bits per heavy atom. The Labute approximate surface area is 145 Å². The number of rotatable bonds is 7. The van der Waals surface area contributed by atoms with Crippen molar-refractivity contribution in [3.05, 3.63) is 28.3 Å². The standard InChI is InChI=1S/C16H22N4O5/c1-18(2)6-3-7-19-10-11(8-15(19)22)16(23)17-13-5-4-12(20(24)25)9-14(13)21/h4-5,9,11,21H,3,6-8,10H2,1-2H3,(H,17,23). The number of aromatic hydroxyl groups is 1. The molecule has 25 heavy (non-hydrogen) atoms. The Balaban J connectivity index is 1.93. The van der Waals surface area contributed by atoms with E-state index in [2.05, 4.69) is 5.32 Å². The van der Waals surface area contributed by atoms with Gasteiger partial charge in [-0.3, -0.25) is 19.7 Å². The number of carbonyl (C=O) groups is 2. The molecule has 9 nitrogen and oxygen atoms in total. The van der Waals surface area contributed by atoms with Crippen LogP contribution in [-0.2, 0) is 9.59 Å². The average molecular weight is 350 g/mol. The number of anilines is 1. The SMILES string of the molecule is CN(C)CCCN1CC(C(=O)Nc2ccc([N+](=O)[O-])cc2O)CC1=O. The molecule has 0 saturated carbocycles. The first-order valence-corrected chi connectivity index (χ1v) is 7.98. The van der Waals surface area contributed by atoms with Crippen LogP contribution in [0.25, 0.3) is 0 Å². The second-order valence-corrected chi connectivity index (χ2v) is 6.35. The highest BCUT2D eigenvalue weighted by Gasteiger charge is 2.34. The molecule has 136 valence electrons. The second kappa shape index (κ2) is 7.93. The Kier molecular flexibility index (Phi) is 5.92. The summed E-state index contributed by atoms with van der Waals surface area (Å²) in [6, 6.07) is 3.45. The first kappa shape index (κ1) is 18.7. The van der Waals surface area contributed by atoms with E-state index in [0.29, 0.717) is 13.1 Å². The van der Waals surface area contributed by atoms with Crippen LogP contribution in [-0.4, -0.2) is 65.4 Å². The summed E-state index contributed by atoms with van der Waals surface area (Å²) in [5.41, 5.74) is -0.173. The number of carbonyl (C=O) groups excluding carboxylic acids is 2. The molecule has 2 N–H and O–H groups in total. The number of likely N-dealkylation sites (tertiary alicyclic amines) is 1. The molecule has 1 atom stereocenters. The molecule has 0 spiro atoms. The van der Waals surface area contributed by atoms with Gasteiger partial charge < -0.3 is 20.2 Å². The highest BCUT2D eigenvalue weighted by atomic mass is 16.6. The second-order valence-electron chi connectivity index (χ2n) is 6.35. The first-order chi connectivity index (χ1) is 11.8. The fourth-order valence-electron chi connectivity index (χ4n) is 2.72. The Bertz CT molecular complexity index is 676. The lowest BCUT2D eigenvalue weighted by Gasteiger charge is -2.18. The zero-order valence-corrected chi connectivity index (χ0v) is 14.3. The molecule has 0 radical (unpaired) electrons. The van der Waals surface area contributed by atoms with Gasteiger partial charge in [0.15, 0.2) is 0 Å². The van der Waals surface area contributed by atoms with Crippen LogP contribution in [0.4, 0.5) is 11.4 Å². The molecular weight excluding hydrogens is 328 g/mol. The minimum Gasteiger partial charge on any atom is -0.506 e. The summed E-state index contributed by atoms with van der Waals surface area (Å²) in [6.45, 7) is 1.80. The van der Waals surface area contributed by atoms with Gasteiger partial charge >= 0.3 is 0 Å². The number of hydrogen-bond donors (Lipinski definition) is 2. The lowest BCUT2D eigenvalue weighted by Crippen LogP contribution is -2.30. The van der Waals surface area contributed by atoms with Crippen molar-refractivity contribution in [1.82, 2.24) is 9.80 Å². The molecule has 1 aliphatic heterocycles. The summed E-state index contributed by atoms with van der Waals surface area (Å²) in [7, 11) is 3.91. The molecule has 0 bridgehead atoms. The van der Waals surface area contributed by atoms with Crippen molar-refractivity contribution in [3.8, 4) is 5.75 Å². The van der Waals surface area contributed by atoms with Crippen LogP contribution < -0.4 is 5.32 Å². The van der Waals surface area contributed by atoms with E-state index in [1.807, 2.05) is 19.0 Å². The molecule has 1 fully saturated rings. The van der Waals surface area contributed by atoms with Crippen molar-refractivity contribution in [1.29, 1.82) is 0 Å². The molecule has 1 aromatic rings. The maximum Gasteiger partial charge on any atom is 0.273 e. The third-order valence-electron chi connectivity index (χ3n) is 4.07. The van der Waals surface area contributed by atoms with Crippen LogP contribution in [0.15, 0.2) is 18.2 Å².